The van der Waals surface area contributed by atoms with Crippen LogP contribution in [0.3, 0.4) is 0 Å². The van der Waals surface area contributed by atoms with E-state index in [0.29, 0.717) is 5.82 Å². The van der Waals surface area contributed by atoms with Crippen LogP contribution in [-0.4, -0.2) is 22.7 Å². The third-order valence-corrected chi connectivity index (χ3v) is 5.31. The van der Waals surface area contributed by atoms with E-state index in [1.54, 1.807) is 12.4 Å². The molecule has 0 amide bonds. The van der Waals surface area contributed by atoms with E-state index in [1.807, 2.05) is 24.3 Å². The summed E-state index contributed by atoms with van der Waals surface area (Å²) in [4.78, 5) is 8.92. The lowest BCUT2D eigenvalue weighted by molar-refractivity contribution is 0.206. The summed E-state index contributed by atoms with van der Waals surface area (Å²) in [6, 6.07) is 8.05. The number of ether oxygens (including phenoxy) is 2. The van der Waals surface area contributed by atoms with Crippen molar-refractivity contribution in [1.29, 1.82) is 0 Å². The van der Waals surface area contributed by atoms with Crippen molar-refractivity contribution >= 4 is 0 Å². The Bertz CT molecular complexity index is 670. The third kappa shape index (κ3) is 9.60. The first kappa shape index (κ1) is 24.2. The second-order valence-corrected chi connectivity index (χ2v) is 8.16. The van der Waals surface area contributed by atoms with Crippen LogP contribution in [0.1, 0.15) is 91.4 Å². The predicted octanol–water partition coefficient (Wildman–Crippen LogP) is 7.62. The molecule has 4 nitrogen and oxygen atoms in total. The van der Waals surface area contributed by atoms with Crippen molar-refractivity contribution in [3.05, 3.63) is 36.7 Å². The van der Waals surface area contributed by atoms with E-state index in [-0.39, 0.29) is 6.10 Å². The highest BCUT2D eigenvalue weighted by atomic mass is 16.5. The minimum Gasteiger partial charge on any atom is -0.491 e. The predicted molar refractivity (Wildman–Crippen MR) is 125 cm³/mol. The molecule has 0 aliphatic heterocycles. The normalized spacial score (nSPS) is 12.0. The maximum Gasteiger partial charge on any atom is 0.159 e. The number of rotatable bonds is 16. The van der Waals surface area contributed by atoms with Crippen LogP contribution in [0.15, 0.2) is 36.7 Å². The molecule has 1 aromatic carbocycles. The minimum atomic E-state index is 0.243. The highest BCUT2D eigenvalue weighted by Crippen LogP contribution is 2.22. The smallest absolute Gasteiger partial charge is 0.159 e. The Hall–Kier alpha value is -2.10. The van der Waals surface area contributed by atoms with Crippen LogP contribution in [0.2, 0.25) is 0 Å². The van der Waals surface area contributed by atoms with Crippen molar-refractivity contribution in [2.45, 2.75) is 97.5 Å². The summed E-state index contributed by atoms with van der Waals surface area (Å²) in [5.41, 5.74) is 0.987. The summed E-state index contributed by atoms with van der Waals surface area (Å²) in [7, 11) is 0. The average Bonchev–Trinajstić information content (AvgIpc) is 2.77. The van der Waals surface area contributed by atoms with E-state index in [9.17, 15) is 0 Å². The summed E-state index contributed by atoms with van der Waals surface area (Å²) in [6.45, 7) is 7.36. The molecule has 0 aliphatic carbocycles. The molecule has 2 rings (SSSR count). The van der Waals surface area contributed by atoms with Crippen molar-refractivity contribution in [2.75, 3.05) is 6.61 Å². The molecule has 1 heterocycles. The summed E-state index contributed by atoms with van der Waals surface area (Å²) >= 11 is 0. The van der Waals surface area contributed by atoms with E-state index in [1.165, 1.54) is 57.8 Å². The van der Waals surface area contributed by atoms with Crippen molar-refractivity contribution in [3.8, 4) is 22.9 Å². The van der Waals surface area contributed by atoms with Gasteiger partial charge in [-0.1, -0.05) is 65.2 Å². The molecule has 166 valence electrons. The Morgan fingerprint density at radius 3 is 2.00 bits per heavy atom. The summed E-state index contributed by atoms with van der Waals surface area (Å²) < 4.78 is 11.8. The highest BCUT2D eigenvalue weighted by molar-refractivity contribution is 5.56. The van der Waals surface area contributed by atoms with Gasteiger partial charge in [-0.05, 0) is 50.5 Å². The second-order valence-electron chi connectivity index (χ2n) is 8.16. The van der Waals surface area contributed by atoms with Crippen molar-refractivity contribution in [2.24, 2.45) is 0 Å². The summed E-state index contributed by atoms with van der Waals surface area (Å²) in [6.07, 6.45) is 17.5. The number of hydrogen-bond acceptors (Lipinski definition) is 4. The molecule has 30 heavy (non-hydrogen) atoms. The number of nitrogens with zero attached hydrogens (tertiary/aromatic N) is 2. The molecule has 2 aromatic rings. The zero-order valence-corrected chi connectivity index (χ0v) is 19.2. The van der Waals surface area contributed by atoms with Gasteiger partial charge in [-0.2, -0.15) is 0 Å². The van der Waals surface area contributed by atoms with Gasteiger partial charge in [-0.3, -0.25) is 0 Å². The van der Waals surface area contributed by atoms with E-state index in [0.717, 1.165) is 36.5 Å². The van der Waals surface area contributed by atoms with Crippen molar-refractivity contribution in [3.63, 3.8) is 0 Å². The van der Waals surface area contributed by atoms with E-state index in [4.69, 9.17) is 9.47 Å². The number of aromatic nitrogens is 2. The number of hydrogen-bond donors (Lipinski definition) is 0. The van der Waals surface area contributed by atoms with Gasteiger partial charge in [0.15, 0.2) is 11.6 Å². The van der Waals surface area contributed by atoms with E-state index >= 15 is 0 Å². The average molecular weight is 413 g/mol. The van der Waals surface area contributed by atoms with Crippen LogP contribution in [-0.2, 0) is 0 Å². The van der Waals surface area contributed by atoms with Crippen LogP contribution >= 0.6 is 0 Å². The molecule has 0 spiro atoms. The van der Waals surface area contributed by atoms with Gasteiger partial charge < -0.3 is 9.47 Å². The minimum absolute atomic E-state index is 0.243. The van der Waals surface area contributed by atoms with Crippen molar-refractivity contribution in [1.82, 2.24) is 9.97 Å². The highest BCUT2D eigenvalue weighted by Gasteiger charge is 2.06. The number of benzene rings is 1. The quantitative estimate of drug-likeness (QED) is 0.266. The Kier molecular flexibility index (Phi) is 11.9. The molecule has 0 aliphatic rings. The van der Waals surface area contributed by atoms with Gasteiger partial charge in [-0.25, -0.2) is 9.97 Å². The summed E-state index contributed by atoms with van der Waals surface area (Å²) in [5.74, 6) is 2.35. The maximum absolute atomic E-state index is 6.03. The van der Waals surface area contributed by atoms with E-state index < -0.39 is 0 Å². The van der Waals surface area contributed by atoms with Gasteiger partial charge in [0.25, 0.3) is 0 Å². The van der Waals surface area contributed by atoms with Crippen LogP contribution in [0.25, 0.3) is 11.4 Å². The Labute approximate surface area is 183 Å². The van der Waals surface area contributed by atoms with Gasteiger partial charge in [0.05, 0.1) is 25.1 Å². The Morgan fingerprint density at radius 2 is 1.33 bits per heavy atom. The third-order valence-electron chi connectivity index (χ3n) is 5.31. The van der Waals surface area contributed by atoms with E-state index in [2.05, 4.69) is 30.7 Å². The first-order chi connectivity index (χ1) is 14.7. The van der Waals surface area contributed by atoms with Gasteiger partial charge in [0, 0.05) is 5.56 Å². The lowest BCUT2D eigenvalue weighted by Gasteiger charge is -2.14. The molecule has 0 bridgehead atoms. The maximum atomic E-state index is 6.03. The van der Waals surface area contributed by atoms with Crippen LogP contribution in [0.5, 0.6) is 11.5 Å². The fourth-order valence-electron chi connectivity index (χ4n) is 3.44. The van der Waals surface area contributed by atoms with Crippen LogP contribution in [0, 0.1) is 0 Å². The number of unbranched alkanes of at least 4 members (excludes halogenated alkanes) is 8. The lowest BCUT2D eigenvalue weighted by atomic mass is 10.1. The fraction of sp³-hybridized carbons (Fsp3) is 0.615. The van der Waals surface area contributed by atoms with Gasteiger partial charge in [0.1, 0.15) is 5.75 Å². The molecule has 0 radical (unpaired) electrons. The Morgan fingerprint density at radius 1 is 0.733 bits per heavy atom. The van der Waals surface area contributed by atoms with Crippen LogP contribution in [0.4, 0.5) is 0 Å². The zero-order chi connectivity index (χ0) is 21.4. The molecule has 4 heteroatoms. The second kappa shape index (κ2) is 14.8. The van der Waals surface area contributed by atoms with Crippen LogP contribution < -0.4 is 9.47 Å². The monoisotopic (exact) mass is 412 g/mol. The standard InChI is InChI=1S/C26H40N2O2/c1-4-6-8-10-11-13-19-29-25-20-27-26(28-21-25)23-15-17-24(18-16-23)30-22(3)14-12-9-7-5-2/h15-18,20-22H,4-14,19H2,1-3H3/t22-/m0/s1. The molecule has 0 N–H and O–H groups in total. The first-order valence-electron chi connectivity index (χ1n) is 11.9. The topological polar surface area (TPSA) is 44.2 Å². The molecule has 0 fully saturated rings. The molecule has 1 atom stereocenters. The molecule has 0 saturated carbocycles. The molecule has 0 saturated heterocycles. The zero-order valence-electron chi connectivity index (χ0n) is 19.2. The molecule has 1 aromatic heterocycles. The van der Waals surface area contributed by atoms with Gasteiger partial charge in [-0.15, -0.1) is 0 Å². The SMILES string of the molecule is CCCCCCCCOc1cnc(-c2ccc(O[C@@H](C)CCCCCC)cc2)nc1. The van der Waals surface area contributed by atoms with Crippen molar-refractivity contribution < 1.29 is 9.47 Å². The van der Waals surface area contributed by atoms with Gasteiger partial charge in [0.2, 0.25) is 0 Å². The largest absolute Gasteiger partial charge is 0.491 e. The fourth-order valence-corrected chi connectivity index (χ4v) is 3.44. The first-order valence-corrected chi connectivity index (χ1v) is 11.9. The van der Waals surface area contributed by atoms with Gasteiger partial charge >= 0.3 is 0 Å². The molecular formula is C26H40N2O2. The lowest BCUT2D eigenvalue weighted by Crippen LogP contribution is -2.11. The molecular weight excluding hydrogens is 372 g/mol. The molecule has 0 unspecified atom stereocenters. The Balaban J connectivity index is 1.73. The summed E-state index contributed by atoms with van der Waals surface area (Å²) in [5, 5.41) is 0.